The number of carbonyl (C=O) groups excluding carboxylic acids is 1. The van der Waals surface area contributed by atoms with Crippen LogP contribution in [-0.2, 0) is 22.0 Å². The molecule has 4 aromatic rings. The Balaban J connectivity index is 1.93. The predicted octanol–water partition coefficient (Wildman–Crippen LogP) is 8.03. The Hall–Kier alpha value is -3.46. The molecule has 1 amide bonds. The Morgan fingerprint density at radius 2 is 1.38 bits per heavy atom. The minimum absolute atomic E-state index is 0.0209. The summed E-state index contributed by atoms with van der Waals surface area (Å²) in [6, 6.07) is 29.7. The lowest BCUT2D eigenvalue weighted by Crippen LogP contribution is -2.33. The zero-order valence-corrected chi connectivity index (χ0v) is 23.3. The fourth-order valence-electron chi connectivity index (χ4n) is 4.88. The van der Waals surface area contributed by atoms with Crippen molar-refractivity contribution in [1.29, 1.82) is 0 Å². The number of amides is 1. The fourth-order valence-corrected chi connectivity index (χ4v) is 4.88. The van der Waals surface area contributed by atoms with Crippen molar-refractivity contribution < 1.29 is 4.79 Å². The molecule has 0 fully saturated rings. The molecule has 0 radical (unpaired) electrons. The molecule has 0 aliphatic rings. The van der Waals surface area contributed by atoms with Gasteiger partial charge in [-0.1, -0.05) is 114 Å². The van der Waals surface area contributed by atoms with Crippen LogP contribution in [0.25, 0.3) is 10.9 Å². The van der Waals surface area contributed by atoms with E-state index in [1.54, 1.807) is 6.92 Å². The Bertz CT molecular complexity index is 1340. The van der Waals surface area contributed by atoms with Gasteiger partial charge in [-0.15, -0.1) is 0 Å². The quantitative estimate of drug-likeness (QED) is 0.296. The van der Waals surface area contributed by atoms with Crippen molar-refractivity contribution in [3.63, 3.8) is 0 Å². The number of carbonyl (C=O) groups is 1. The van der Waals surface area contributed by atoms with E-state index in [2.05, 4.69) is 114 Å². The molecule has 0 bridgehead atoms. The Labute approximate surface area is 222 Å². The van der Waals surface area contributed by atoms with Gasteiger partial charge in [0.25, 0.3) is 0 Å². The number of nitrogens with zero attached hydrogens (tertiary/aromatic N) is 1. The molecular weight excluding hydrogens is 452 g/mol. The van der Waals surface area contributed by atoms with E-state index in [0.29, 0.717) is 0 Å². The highest BCUT2D eigenvalue weighted by Crippen LogP contribution is 2.38. The van der Waals surface area contributed by atoms with Crippen molar-refractivity contribution in [1.82, 2.24) is 10.3 Å². The molecule has 37 heavy (non-hydrogen) atoms. The second kappa shape index (κ2) is 10.5. The Morgan fingerprint density at radius 3 is 1.97 bits per heavy atom. The second-order valence-electron chi connectivity index (χ2n) is 12.2. The number of aromatic nitrogens is 1. The molecule has 0 aliphatic heterocycles. The van der Waals surface area contributed by atoms with Gasteiger partial charge < -0.3 is 5.32 Å². The summed E-state index contributed by atoms with van der Waals surface area (Å²) in [5, 5.41) is 4.46. The first-order chi connectivity index (χ1) is 17.4. The van der Waals surface area contributed by atoms with Gasteiger partial charge in [0.15, 0.2) is 0 Å². The van der Waals surface area contributed by atoms with Gasteiger partial charge in [0, 0.05) is 23.9 Å². The van der Waals surface area contributed by atoms with E-state index in [9.17, 15) is 4.79 Å². The van der Waals surface area contributed by atoms with E-state index in [1.165, 1.54) is 16.7 Å². The maximum atomic E-state index is 12.7. The maximum absolute atomic E-state index is 12.7. The highest BCUT2D eigenvalue weighted by Gasteiger charge is 2.30. The largest absolute Gasteiger partial charge is 0.349 e. The summed E-state index contributed by atoms with van der Waals surface area (Å²) in [6.45, 7) is 15.1. The van der Waals surface area contributed by atoms with Gasteiger partial charge in [-0.25, -0.2) is 0 Å². The van der Waals surface area contributed by atoms with Crippen molar-refractivity contribution in [3.05, 3.63) is 113 Å². The molecular formula is C34H40N2O. The molecule has 1 heterocycles. The summed E-state index contributed by atoms with van der Waals surface area (Å²) < 4.78 is 0. The van der Waals surface area contributed by atoms with Gasteiger partial charge >= 0.3 is 0 Å². The molecule has 0 spiro atoms. The average molecular weight is 493 g/mol. The van der Waals surface area contributed by atoms with Gasteiger partial charge in [-0.3, -0.25) is 9.78 Å². The van der Waals surface area contributed by atoms with Crippen LogP contribution in [0.15, 0.2) is 84.9 Å². The number of para-hydroxylation sites is 1. The summed E-state index contributed by atoms with van der Waals surface area (Å²) in [5.74, 6) is -0.0822. The highest BCUT2D eigenvalue weighted by atomic mass is 16.1. The van der Waals surface area contributed by atoms with Crippen molar-refractivity contribution in [2.24, 2.45) is 0 Å². The smallest absolute Gasteiger partial charge is 0.217 e. The van der Waals surface area contributed by atoms with Crippen LogP contribution in [0.1, 0.15) is 88.4 Å². The van der Waals surface area contributed by atoms with Crippen LogP contribution in [0.2, 0.25) is 0 Å². The summed E-state index contributed by atoms with van der Waals surface area (Å²) in [6.07, 6.45) is 0.766. The molecule has 4 rings (SSSR count). The van der Waals surface area contributed by atoms with Gasteiger partial charge in [-0.05, 0) is 51.6 Å². The molecule has 0 saturated heterocycles. The number of hydrogen-bond acceptors (Lipinski definition) is 2. The third-order valence-corrected chi connectivity index (χ3v) is 7.11. The Morgan fingerprint density at radius 1 is 0.784 bits per heavy atom. The van der Waals surface area contributed by atoms with E-state index in [-0.39, 0.29) is 28.7 Å². The lowest BCUT2D eigenvalue weighted by molar-refractivity contribution is -0.119. The van der Waals surface area contributed by atoms with Crippen LogP contribution in [0, 0.1) is 0 Å². The number of hydrogen-bond donors (Lipinski definition) is 1. The first kappa shape index (κ1) is 26.6. The summed E-state index contributed by atoms with van der Waals surface area (Å²) in [7, 11) is 0. The zero-order valence-electron chi connectivity index (χ0n) is 23.3. The van der Waals surface area contributed by atoms with Crippen LogP contribution in [0.5, 0.6) is 0 Å². The minimum atomic E-state index is -0.227. The maximum Gasteiger partial charge on any atom is 0.217 e. The molecule has 2 atom stereocenters. The molecule has 1 N–H and O–H groups in total. The topological polar surface area (TPSA) is 42.0 Å². The molecule has 3 aromatic carbocycles. The van der Waals surface area contributed by atoms with E-state index in [4.69, 9.17) is 4.98 Å². The molecule has 0 aliphatic carbocycles. The molecule has 3 heteroatoms. The normalized spacial score (nSPS) is 13.8. The van der Waals surface area contributed by atoms with E-state index in [0.717, 1.165) is 28.6 Å². The average Bonchev–Trinajstić information content (AvgIpc) is 2.85. The second-order valence-corrected chi connectivity index (χ2v) is 12.2. The minimum Gasteiger partial charge on any atom is -0.349 e. The van der Waals surface area contributed by atoms with Gasteiger partial charge in [0.05, 0.1) is 11.6 Å². The van der Waals surface area contributed by atoms with Crippen molar-refractivity contribution in [3.8, 4) is 0 Å². The highest BCUT2D eigenvalue weighted by molar-refractivity contribution is 5.78. The monoisotopic (exact) mass is 492 g/mol. The molecule has 1 unspecified atom stereocenters. The SMILES string of the molecule is CC(=O)N[C@H](c1cc(C(C)(C)C)cc(C(C)(C)C)c1)C(Cc1ccccc1)c1ccc2ccccc2n1. The Kier molecular flexibility index (Phi) is 7.54. The van der Waals surface area contributed by atoms with Crippen LogP contribution in [0.3, 0.4) is 0 Å². The number of benzene rings is 3. The number of rotatable bonds is 6. The lowest BCUT2D eigenvalue weighted by Gasteiger charge is -2.32. The van der Waals surface area contributed by atoms with Gasteiger partial charge in [0.1, 0.15) is 0 Å². The van der Waals surface area contributed by atoms with Crippen molar-refractivity contribution in [2.45, 2.75) is 77.7 Å². The number of fused-ring (bicyclic) bond motifs is 1. The third-order valence-electron chi connectivity index (χ3n) is 7.11. The number of nitrogens with one attached hydrogen (secondary N) is 1. The fraction of sp³-hybridized carbons (Fsp3) is 0.353. The van der Waals surface area contributed by atoms with E-state index < -0.39 is 0 Å². The summed E-state index contributed by atoms with van der Waals surface area (Å²) >= 11 is 0. The molecule has 0 saturated carbocycles. The van der Waals surface area contributed by atoms with Crippen LogP contribution in [0.4, 0.5) is 0 Å². The van der Waals surface area contributed by atoms with Crippen molar-refractivity contribution >= 4 is 16.8 Å². The van der Waals surface area contributed by atoms with Crippen LogP contribution >= 0.6 is 0 Å². The number of pyridine rings is 1. The van der Waals surface area contributed by atoms with Crippen LogP contribution < -0.4 is 5.32 Å². The van der Waals surface area contributed by atoms with E-state index >= 15 is 0 Å². The molecule has 192 valence electrons. The van der Waals surface area contributed by atoms with Gasteiger partial charge in [-0.2, -0.15) is 0 Å². The van der Waals surface area contributed by atoms with E-state index in [1.807, 2.05) is 18.2 Å². The first-order valence-corrected chi connectivity index (χ1v) is 13.2. The predicted molar refractivity (Wildman–Crippen MR) is 155 cm³/mol. The van der Waals surface area contributed by atoms with Gasteiger partial charge in [0.2, 0.25) is 5.91 Å². The summed E-state index contributed by atoms with van der Waals surface area (Å²) in [5.41, 5.74) is 6.81. The summed E-state index contributed by atoms with van der Waals surface area (Å²) in [4.78, 5) is 17.8. The van der Waals surface area contributed by atoms with Crippen LogP contribution in [-0.4, -0.2) is 10.9 Å². The first-order valence-electron chi connectivity index (χ1n) is 13.2. The third kappa shape index (κ3) is 6.46. The molecule has 1 aromatic heterocycles. The van der Waals surface area contributed by atoms with Crippen molar-refractivity contribution in [2.75, 3.05) is 0 Å². The zero-order chi connectivity index (χ0) is 26.8. The lowest BCUT2D eigenvalue weighted by atomic mass is 9.76. The molecule has 3 nitrogen and oxygen atoms in total. The standard InChI is InChI=1S/C34H40N2O/c1-23(37)35-32(26-20-27(33(2,3)4)22-28(21-26)34(5,6)7)29(19-24-13-9-8-10-14-24)31-18-17-25-15-11-12-16-30(25)36-31/h8-18,20-22,29,32H,19H2,1-7H3,(H,35,37)/t29?,32-/m1/s1.